The standard InChI is InChI=1S/C20H32N4O14P2S2/c1-22-10-9(36-20(17(10)33-2)3-4-42-15-16(20)23-7-24-18(15)21)6-34-40(32,41)38-39(30,31)37-19-13(29)11(27)12(28)14(35-19)8(26)5-25/h3-4,7-14,17,19,22,25-29H,5-6H2,1-2H3,(H,30,31)(H,32,41)(H2,21,23,24)/t8-,9+,10+,11?,12?,13?,14?,17+,19?,20+,40?/m0/s1. The van der Waals surface area contributed by atoms with Gasteiger partial charge in [-0.1, -0.05) is 11.8 Å². The lowest BCUT2D eigenvalue weighted by Gasteiger charge is -2.41. The number of ether oxygens (including phenoxy) is 3. The maximum Gasteiger partial charge on any atom is 0.481 e. The zero-order valence-corrected chi connectivity index (χ0v) is 25.4. The van der Waals surface area contributed by atoms with Crippen molar-refractivity contribution in [3.8, 4) is 0 Å². The third-order valence-electron chi connectivity index (χ3n) is 6.80. The molecule has 238 valence electrons. The lowest BCUT2D eigenvalue weighted by Crippen LogP contribution is -2.61. The number of nitrogens with one attached hydrogen (secondary N) is 1. The third kappa shape index (κ3) is 6.76. The molecule has 1 aromatic rings. The number of hydrogen-bond donors (Lipinski definition) is 9. The fourth-order valence-corrected chi connectivity index (χ4v) is 8.89. The SMILES string of the molecule is CN[C@H]1[C@@H](OC)[C@]2(C=CSc3c(N)ncnc32)O[C@@H]1COP(O)(=S)OP(=O)(O)OC1OC([C@@H](O)CO)C(O)C(O)C1O. The van der Waals surface area contributed by atoms with Gasteiger partial charge in [-0.3, -0.25) is 4.52 Å². The number of likely N-dealkylation sites (N-methyl/N-ethyl adjacent to an activating group) is 1. The molecule has 4 heterocycles. The van der Waals surface area contributed by atoms with Gasteiger partial charge in [0.05, 0.1) is 29.8 Å². The van der Waals surface area contributed by atoms with Crippen LogP contribution in [0.25, 0.3) is 0 Å². The number of anilines is 1. The summed E-state index contributed by atoms with van der Waals surface area (Å²) in [5.74, 6) is 0.233. The molecule has 2 fully saturated rings. The van der Waals surface area contributed by atoms with E-state index in [-0.39, 0.29) is 5.82 Å². The Kier molecular flexibility index (Phi) is 10.8. The van der Waals surface area contributed by atoms with Crippen molar-refractivity contribution in [2.75, 3.05) is 33.1 Å². The van der Waals surface area contributed by atoms with E-state index < -0.39 is 88.4 Å². The van der Waals surface area contributed by atoms with E-state index >= 15 is 0 Å². The number of phosphoric acid groups is 1. The van der Waals surface area contributed by atoms with Crippen LogP contribution in [0, 0.1) is 0 Å². The van der Waals surface area contributed by atoms with Gasteiger partial charge < -0.3 is 65.1 Å². The van der Waals surface area contributed by atoms with Gasteiger partial charge in [0.25, 0.3) is 0 Å². The fourth-order valence-electron chi connectivity index (χ4n) is 4.89. The van der Waals surface area contributed by atoms with Crippen LogP contribution in [0.2, 0.25) is 0 Å². The Morgan fingerprint density at radius 3 is 2.62 bits per heavy atom. The number of fused-ring (bicyclic) bond motifs is 2. The Morgan fingerprint density at radius 2 is 1.98 bits per heavy atom. The first-order chi connectivity index (χ1) is 19.7. The number of nitrogens with zero attached hydrogens (tertiary/aromatic N) is 2. The third-order valence-corrected chi connectivity index (χ3v) is 11.2. The molecule has 0 aliphatic carbocycles. The van der Waals surface area contributed by atoms with Crippen molar-refractivity contribution >= 4 is 43.9 Å². The summed E-state index contributed by atoms with van der Waals surface area (Å²) >= 11 is 6.19. The fraction of sp³-hybridized carbons (Fsp3) is 0.700. The highest BCUT2D eigenvalue weighted by molar-refractivity contribution is 8.08. The predicted molar refractivity (Wildman–Crippen MR) is 146 cm³/mol. The topological polar surface area (TPSA) is 278 Å². The minimum Gasteiger partial charge on any atom is -0.394 e. The molecule has 3 aliphatic rings. The first-order valence-corrected chi connectivity index (χ1v) is 17.2. The van der Waals surface area contributed by atoms with Crippen LogP contribution >= 0.6 is 26.3 Å². The summed E-state index contributed by atoms with van der Waals surface area (Å²) in [6, 6.07) is -0.590. The minimum atomic E-state index is -5.39. The summed E-state index contributed by atoms with van der Waals surface area (Å²) in [6.45, 7) is -5.97. The Hall–Kier alpha value is -0.710. The molecule has 0 amide bonds. The molecule has 22 heteroatoms. The van der Waals surface area contributed by atoms with Crippen molar-refractivity contribution in [2.24, 2.45) is 0 Å². The highest BCUT2D eigenvalue weighted by Crippen LogP contribution is 2.62. The van der Waals surface area contributed by atoms with Gasteiger partial charge in [0.15, 0.2) is 11.9 Å². The van der Waals surface area contributed by atoms with Crippen molar-refractivity contribution in [1.29, 1.82) is 0 Å². The van der Waals surface area contributed by atoms with Crippen molar-refractivity contribution in [3.63, 3.8) is 0 Å². The van der Waals surface area contributed by atoms with Crippen molar-refractivity contribution < 1.29 is 67.5 Å². The predicted octanol–water partition coefficient (Wildman–Crippen LogP) is -2.60. The number of aliphatic hydroxyl groups excluding tert-OH is 5. The first-order valence-electron chi connectivity index (χ1n) is 12.2. The van der Waals surface area contributed by atoms with E-state index in [1.54, 1.807) is 18.5 Å². The van der Waals surface area contributed by atoms with E-state index in [2.05, 4.69) is 15.3 Å². The number of aliphatic hydroxyl groups is 5. The number of methoxy groups -OCH3 is 1. The minimum absolute atomic E-state index is 0.233. The van der Waals surface area contributed by atoms with Crippen LogP contribution in [-0.4, -0.2) is 128 Å². The van der Waals surface area contributed by atoms with Gasteiger partial charge in [0, 0.05) is 7.11 Å². The monoisotopic (exact) mass is 678 g/mol. The summed E-state index contributed by atoms with van der Waals surface area (Å²) in [5.41, 5.74) is 5.22. The van der Waals surface area contributed by atoms with Gasteiger partial charge in [0.1, 0.15) is 54.9 Å². The summed E-state index contributed by atoms with van der Waals surface area (Å²) in [6.07, 6.45) is -10.2. The second-order valence-electron chi connectivity index (χ2n) is 9.39. The number of thioether (sulfide) groups is 1. The summed E-state index contributed by atoms with van der Waals surface area (Å²) in [4.78, 5) is 29.8. The normalized spacial score (nSPS) is 38.1. The molecule has 12 atom stereocenters. The molecule has 7 unspecified atom stereocenters. The number of hydrogen-bond acceptors (Lipinski definition) is 18. The van der Waals surface area contributed by atoms with Gasteiger partial charge in [-0.25, -0.2) is 18.8 Å². The number of rotatable bonds is 11. The summed E-state index contributed by atoms with van der Waals surface area (Å²) < 4.78 is 44.6. The number of aromatic nitrogens is 2. The van der Waals surface area contributed by atoms with Gasteiger partial charge >= 0.3 is 14.5 Å². The first kappa shape index (κ1) is 34.2. The Balaban J connectivity index is 1.46. The zero-order valence-electron chi connectivity index (χ0n) is 22.0. The maximum atomic E-state index is 12.7. The number of phosphoric ester groups is 1. The second-order valence-corrected chi connectivity index (χ2v) is 14.7. The van der Waals surface area contributed by atoms with E-state index in [0.717, 1.165) is 0 Å². The van der Waals surface area contributed by atoms with Crippen LogP contribution in [0.4, 0.5) is 5.82 Å². The van der Waals surface area contributed by atoms with Gasteiger partial charge in [0.2, 0.25) is 0 Å². The van der Waals surface area contributed by atoms with E-state index in [1.165, 1.54) is 25.2 Å². The van der Waals surface area contributed by atoms with Crippen molar-refractivity contribution in [1.82, 2.24) is 15.3 Å². The van der Waals surface area contributed by atoms with Crippen LogP contribution < -0.4 is 11.1 Å². The van der Waals surface area contributed by atoms with Gasteiger partial charge in [-0.05, 0) is 30.3 Å². The Bertz CT molecular complexity index is 1250. The molecule has 4 rings (SSSR count). The zero-order chi connectivity index (χ0) is 31.0. The van der Waals surface area contributed by atoms with Crippen LogP contribution in [0.5, 0.6) is 0 Å². The second kappa shape index (κ2) is 13.3. The van der Waals surface area contributed by atoms with Crippen molar-refractivity contribution in [3.05, 3.63) is 23.5 Å². The molecular weight excluding hydrogens is 646 g/mol. The van der Waals surface area contributed by atoms with Gasteiger partial charge in [-0.2, -0.15) is 0 Å². The van der Waals surface area contributed by atoms with Crippen LogP contribution in [0.15, 0.2) is 22.7 Å². The van der Waals surface area contributed by atoms with Crippen molar-refractivity contribution in [2.45, 2.75) is 65.6 Å². The molecule has 0 aromatic carbocycles. The van der Waals surface area contributed by atoms with Crippen LogP contribution in [0.1, 0.15) is 5.69 Å². The molecule has 1 aromatic heterocycles. The molecule has 3 aliphatic heterocycles. The lowest BCUT2D eigenvalue weighted by molar-refractivity contribution is -0.292. The highest BCUT2D eigenvalue weighted by Gasteiger charge is 2.58. The number of nitrogen functional groups attached to an aromatic ring is 1. The Labute approximate surface area is 248 Å². The molecule has 0 radical (unpaired) electrons. The average molecular weight is 679 g/mol. The van der Waals surface area contributed by atoms with Gasteiger partial charge in [-0.15, -0.1) is 0 Å². The molecule has 1 spiro atoms. The average Bonchev–Trinajstić information content (AvgIpc) is 3.24. The molecule has 10 N–H and O–H groups in total. The van der Waals surface area contributed by atoms with Crippen LogP contribution in [0.3, 0.4) is 0 Å². The molecule has 0 saturated carbocycles. The number of nitrogens with two attached hydrogens (primary N) is 1. The van der Waals surface area contributed by atoms with E-state index in [4.69, 9.17) is 50.2 Å². The summed E-state index contributed by atoms with van der Waals surface area (Å²) in [5, 5.41) is 53.9. The van der Waals surface area contributed by atoms with E-state index in [1.807, 2.05) is 0 Å². The smallest absolute Gasteiger partial charge is 0.394 e. The molecular formula is C20H32N4O14P2S2. The largest absolute Gasteiger partial charge is 0.481 e. The maximum absolute atomic E-state index is 12.7. The van der Waals surface area contributed by atoms with E-state index in [0.29, 0.717) is 10.6 Å². The van der Waals surface area contributed by atoms with E-state index in [9.17, 15) is 34.8 Å². The highest BCUT2D eigenvalue weighted by atomic mass is 32.5. The summed E-state index contributed by atoms with van der Waals surface area (Å²) in [7, 11) is -2.30. The molecule has 18 nitrogen and oxygen atoms in total. The Morgan fingerprint density at radius 1 is 1.26 bits per heavy atom. The lowest BCUT2D eigenvalue weighted by atomic mass is 9.89. The quantitative estimate of drug-likeness (QED) is 0.109. The molecule has 42 heavy (non-hydrogen) atoms. The molecule has 2 saturated heterocycles. The molecule has 0 bridgehead atoms. The van der Waals surface area contributed by atoms with Crippen LogP contribution in [-0.2, 0) is 49.5 Å².